The zero-order valence-corrected chi connectivity index (χ0v) is 10.5. The number of nitrogens with zero attached hydrogens (tertiary/aromatic N) is 2. The van der Waals surface area contributed by atoms with E-state index in [-0.39, 0.29) is 0 Å². The van der Waals surface area contributed by atoms with E-state index in [2.05, 4.69) is 36.1 Å². The molecule has 0 bridgehead atoms. The van der Waals surface area contributed by atoms with Crippen molar-refractivity contribution in [1.29, 1.82) is 0 Å². The summed E-state index contributed by atoms with van der Waals surface area (Å²) < 4.78 is 0. The Kier molecular flexibility index (Phi) is 3.54. The molecule has 3 nitrogen and oxygen atoms in total. The molecule has 2 rings (SSSR count). The lowest BCUT2D eigenvalue weighted by Crippen LogP contribution is -2.06. The van der Waals surface area contributed by atoms with Gasteiger partial charge in [0.1, 0.15) is 5.82 Å². The Labute approximate surface area is 97.7 Å². The minimum absolute atomic E-state index is 0.722. The molecule has 0 amide bonds. The highest BCUT2D eigenvalue weighted by Gasteiger charge is 2.17. The quantitative estimate of drug-likeness (QED) is 0.844. The molecule has 1 N–H and O–H groups in total. The van der Waals surface area contributed by atoms with Gasteiger partial charge >= 0.3 is 0 Å². The van der Waals surface area contributed by atoms with Crippen molar-refractivity contribution in [3.8, 4) is 0 Å². The van der Waals surface area contributed by atoms with E-state index in [0.29, 0.717) is 0 Å². The van der Waals surface area contributed by atoms with Gasteiger partial charge in [0.2, 0.25) is 0 Å². The fraction of sp³-hybridized carbons (Fsp3) is 0.692. The number of nitrogens with one attached hydrogen (secondary N) is 1. The molecule has 1 aliphatic heterocycles. The van der Waals surface area contributed by atoms with Gasteiger partial charge in [-0.05, 0) is 18.8 Å². The van der Waals surface area contributed by atoms with Crippen molar-refractivity contribution in [2.75, 3.05) is 0 Å². The van der Waals surface area contributed by atoms with Gasteiger partial charge in [-0.2, -0.15) is 0 Å². The van der Waals surface area contributed by atoms with Gasteiger partial charge in [-0.25, -0.2) is 9.97 Å². The Morgan fingerprint density at radius 2 is 2.06 bits per heavy atom. The van der Waals surface area contributed by atoms with Gasteiger partial charge in [0.05, 0.1) is 5.69 Å². The van der Waals surface area contributed by atoms with E-state index in [0.717, 1.165) is 37.7 Å². The van der Waals surface area contributed by atoms with Crippen LogP contribution < -0.4 is 5.32 Å². The first-order chi connectivity index (χ1) is 7.70. The Morgan fingerprint density at radius 3 is 2.75 bits per heavy atom. The number of aryl methyl sites for hydroxylation is 2. The van der Waals surface area contributed by atoms with Crippen LogP contribution in [0.4, 0.5) is 0 Å². The van der Waals surface area contributed by atoms with Crippen LogP contribution in [0.1, 0.15) is 50.0 Å². The SMILES string of the molecule is CCc1nc(CCC(C)C)nc2c1CNC2. The van der Waals surface area contributed by atoms with E-state index < -0.39 is 0 Å². The molecule has 0 unspecified atom stereocenters. The zero-order chi connectivity index (χ0) is 11.5. The fourth-order valence-corrected chi connectivity index (χ4v) is 2.12. The van der Waals surface area contributed by atoms with Crippen molar-refractivity contribution < 1.29 is 0 Å². The summed E-state index contributed by atoms with van der Waals surface area (Å²) in [6.07, 6.45) is 3.20. The second-order valence-corrected chi connectivity index (χ2v) is 4.90. The van der Waals surface area contributed by atoms with Crippen molar-refractivity contribution in [2.45, 2.75) is 53.1 Å². The highest BCUT2D eigenvalue weighted by molar-refractivity contribution is 5.29. The lowest BCUT2D eigenvalue weighted by molar-refractivity contribution is 0.572. The van der Waals surface area contributed by atoms with Crippen molar-refractivity contribution in [2.24, 2.45) is 5.92 Å². The molecule has 0 fully saturated rings. The van der Waals surface area contributed by atoms with Gasteiger partial charge in [-0.3, -0.25) is 0 Å². The van der Waals surface area contributed by atoms with Crippen LogP contribution in [-0.4, -0.2) is 9.97 Å². The summed E-state index contributed by atoms with van der Waals surface area (Å²) in [6, 6.07) is 0. The molecule has 2 heterocycles. The van der Waals surface area contributed by atoms with Crippen LogP contribution in [0.5, 0.6) is 0 Å². The maximum Gasteiger partial charge on any atom is 0.128 e. The highest BCUT2D eigenvalue weighted by Crippen LogP contribution is 2.18. The average molecular weight is 219 g/mol. The molecule has 88 valence electrons. The summed E-state index contributed by atoms with van der Waals surface area (Å²) in [5.41, 5.74) is 3.81. The molecule has 0 saturated carbocycles. The van der Waals surface area contributed by atoms with E-state index >= 15 is 0 Å². The molecule has 0 saturated heterocycles. The lowest BCUT2D eigenvalue weighted by Gasteiger charge is -2.09. The first-order valence-electron chi connectivity index (χ1n) is 6.29. The maximum absolute atomic E-state index is 4.68. The summed E-state index contributed by atoms with van der Waals surface area (Å²) in [5.74, 6) is 1.76. The predicted molar refractivity (Wildman–Crippen MR) is 65.1 cm³/mol. The number of aromatic nitrogens is 2. The fourth-order valence-electron chi connectivity index (χ4n) is 2.12. The molecule has 1 aliphatic rings. The number of hydrogen-bond donors (Lipinski definition) is 1. The summed E-state index contributed by atoms with van der Waals surface area (Å²) in [6.45, 7) is 8.53. The molecule has 0 aromatic carbocycles. The van der Waals surface area contributed by atoms with Crippen LogP contribution in [0.2, 0.25) is 0 Å². The van der Waals surface area contributed by atoms with Gasteiger partial charge in [0, 0.05) is 30.8 Å². The van der Waals surface area contributed by atoms with Crippen LogP contribution in [0, 0.1) is 5.92 Å². The highest BCUT2D eigenvalue weighted by atomic mass is 15.0. The van der Waals surface area contributed by atoms with E-state index in [9.17, 15) is 0 Å². The van der Waals surface area contributed by atoms with E-state index in [4.69, 9.17) is 0 Å². The molecular weight excluding hydrogens is 198 g/mol. The van der Waals surface area contributed by atoms with Gasteiger partial charge < -0.3 is 5.32 Å². The summed E-state index contributed by atoms with van der Waals surface area (Å²) >= 11 is 0. The van der Waals surface area contributed by atoms with Crippen LogP contribution in [0.15, 0.2) is 0 Å². The van der Waals surface area contributed by atoms with E-state index in [1.165, 1.54) is 23.4 Å². The van der Waals surface area contributed by atoms with E-state index in [1.54, 1.807) is 0 Å². The number of fused-ring (bicyclic) bond motifs is 1. The molecule has 1 aromatic rings. The summed E-state index contributed by atoms with van der Waals surface area (Å²) in [7, 11) is 0. The van der Waals surface area contributed by atoms with Gasteiger partial charge in [-0.15, -0.1) is 0 Å². The van der Waals surface area contributed by atoms with Crippen molar-refractivity contribution >= 4 is 0 Å². The van der Waals surface area contributed by atoms with Gasteiger partial charge in [0.15, 0.2) is 0 Å². The molecule has 1 aromatic heterocycles. The number of hydrogen-bond acceptors (Lipinski definition) is 3. The third-order valence-corrected chi connectivity index (χ3v) is 3.10. The Morgan fingerprint density at radius 1 is 1.25 bits per heavy atom. The number of rotatable bonds is 4. The molecule has 3 heteroatoms. The maximum atomic E-state index is 4.68. The molecule has 0 radical (unpaired) electrons. The Hall–Kier alpha value is -0.960. The first kappa shape index (κ1) is 11.5. The minimum atomic E-state index is 0.722. The molecule has 0 atom stereocenters. The largest absolute Gasteiger partial charge is 0.307 e. The van der Waals surface area contributed by atoms with Crippen LogP contribution in [-0.2, 0) is 25.9 Å². The predicted octanol–water partition coefficient (Wildman–Crippen LogP) is 2.23. The smallest absolute Gasteiger partial charge is 0.128 e. The average Bonchev–Trinajstić information content (AvgIpc) is 2.73. The minimum Gasteiger partial charge on any atom is -0.307 e. The van der Waals surface area contributed by atoms with Crippen LogP contribution >= 0.6 is 0 Å². The monoisotopic (exact) mass is 219 g/mol. The third-order valence-electron chi connectivity index (χ3n) is 3.10. The van der Waals surface area contributed by atoms with Crippen molar-refractivity contribution in [3.63, 3.8) is 0 Å². The summed E-state index contributed by atoms with van der Waals surface area (Å²) in [5, 5.41) is 3.35. The van der Waals surface area contributed by atoms with Crippen LogP contribution in [0.3, 0.4) is 0 Å². The molecule has 0 spiro atoms. The van der Waals surface area contributed by atoms with Crippen molar-refractivity contribution in [3.05, 3.63) is 22.8 Å². The normalized spacial score (nSPS) is 14.5. The van der Waals surface area contributed by atoms with Gasteiger partial charge in [0.25, 0.3) is 0 Å². The zero-order valence-electron chi connectivity index (χ0n) is 10.5. The van der Waals surface area contributed by atoms with Gasteiger partial charge in [-0.1, -0.05) is 20.8 Å². The van der Waals surface area contributed by atoms with E-state index in [1.807, 2.05) is 0 Å². The van der Waals surface area contributed by atoms with Crippen molar-refractivity contribution in [1.82, 2.24) is 15.3 Å². The molecule has 16 heavy (non-hydrogen) atoms. The molecule has 0 aliphatic carbocycles. The Balaban J connectivity index is 2.20. The standard InChI is InChI=1S/C13H21N3/c1-4-11-10-7-14-8-12(10)16-13(15-11)6-5-9(2)3/h9,14H,4-8H2,1-3H3. The Bertz CT molecular complexity index is 372. The summed E-state index contributed by atoms with van der Waals surface area (Å²) in [4.78, 5) is 9.34. The lowest BCUT2D eigenvalue weighted by atomic mass is 10.1. The second-order valence-electron chi connectivity index (χ2n) is 4.90. The topological polar surface area (TPSA) is 37.8 Å². The van der Waals surface area contributed by atoms with Crippen LogP contribution in [0.25, 0.3) is 0 Å². The first-order valence-corrected chi connectivity index (χ1v) is 6.29. The third kappa shape index (κ3) is 2.40. The molecular formula is C13H21N3. The second kappa shape index (κ2) is 4.91.